The van der Waals surface area contributed by atoms with E-state index in [2.05, 4.69) is 54.6 Å². The molecule has 0 fully saturated rings. The Balaban J connectivity index is 2.16. The highest BCUT2D eigenvalue weighted by molar-refractivity contribution is 6.33. The second-order valence-corrected chi connectivity index (χ2v) is 5.01. The first-order valence-electron chi connectivity index (χ1n) is 6.41. The monoisotopic (exact) mass is 238 g/mol. The predicted octanol–water partition coefficient (Wildman–Crippen LogP) is 3.94. The Morgan fingerprint density at radius 2 is 0.947 bits per heavy atom. The zero-order valence-corrected chi connectivity index (χ0v) is 10.4. The Morgan fingerprint density at radius 3 is 1.58 bits per heavy atom. The summed E-state index contributed by atoms with van der Waals surface area (Å²) in [5, 5.41) is 7.52. The molecule has 0 heterocycles. The second kappa shape index (κ2) is 3.86. The van der Waals surface area contributed by atoms with Crippen LogP contribution in [0.4, 0.5) is 0 Å². The van der Waals surface area contributed by atoms with E-state index in [1.807, 2.05) is 12.1 Å². The van der Waals surface area contributed by atoms with Gasteiger partial charge in [0, 0.05) is 0 Å². The normalized spacial score (nSPS) is 11.4. The van der Waals surface area contributed by atoms with Gasteiger partial charge in [0.05, 0.1) is 0 Å². The molecular weight excluding hydrogens is 227 g/mol. The molecule has 0 N–H and O–H groups in total. The van der Waals surface area contributed by atoms with Crippen molar-refractivity contribution in [3.63, 3.8) is 0 Å². The molecule has 0 amide bonds. The summed E-state index contributed by atoms with van der Waals surface area (Å²) >= 11 is 0. The average molecular weight is 238 g/mol. The summed E-state index contributed by atoms with van der Waals surface area (Å²) < 4.78 is 0. The molecular formula is C18H11B. The fourth-order valence-electron chi connectivity index (χ4n) is 2.71. The van der Waals surface area contributed by atoms with Gasteiger partial charge in [0.1, 0.15) is 7.85 Å². The summed E-state index contributed by atoms with van der Waals surface area (Å²) in [4.78, 5) is 0. The van der Waals surface area contributed by atoms with E-state index in [0.29, 0.717) is 0 Å². The number of benzene rings is 4. The maximum absolute atomic E-state index is 5.86. The summed E-state index contributed by atoms with van der Waals surface area (Å²) in [5.74, 6) is 0. The van der Waals surface area contributed by atoms with Crippen LogP contribution in [-0.4, -0.2) is 7.85 Å². The standard InChI is InChI=1S/C18H11B/c19-18-6-5-14-9-15-7-12-3-1-2-4-13(12)8-16(15)10-17(14)11-18/h1-11H. The molecule has 4 aromatic carbocycles. The Morgan fingerprint density at radius 1 is 0.474 bits per heavy atom. The van der Waals surface area contributed by atoms with Gasteiger partial charge in [-0.15, -0.1) is 0 Å². The minimum absolute atomic E-state index is 0.813. The van der Waals surface area contributed by atoms with Crippen molar-refractivity contribution in [2.45, 2.75) is 0 Å². The molecule has 4 rings (SSSR count). The van der Waals surface area contributed by atoms with Crippen molar-refractivity contribution in [1.82, 2.24) is 0 Å². The molecule has 19 heavy (non-hydrogen) atoms. The Bertz CT molecular complexity index is 922. The van der Waals surface area contributed by atoms with Crippen LogP contribution >= 0.6 is 0 Å². The van der Waals surface area contributed by atoms with Gasteiger partial charge in [-0.3, -0.25) is 0 Å². The van der Waals surface area contributed by atoms with Crippen molar-refractivity contribution in [2.24, 2.45) is 0 Å². The van der Waals surface area contributed by atoms with E-state index < -0.39 is 0 Å². The highest BCUT2D eigenvalue weighted by atomic mass is 14.0. The van der Waals surface area contributed by atoms with Gasteiger partial charge in [-0.1, -0.05) is 47.9 Å². The van der Waals surface area contributed by atoms with Gasteiger partial charge in [-0.05, 0) is 56.6 Å². The van der Waals surface area contributed by atoms with E-state index in [9.17, 15) is 0 Å². The molecule has 4 aromatic rings. The third kappa shape index (κ3) is 1.70. The lowest BCUT2D eigenvalue weighted by Gasteiger charge is -2.06. The first-order valence-corrected chi connectivity index (χ1v) is 6.41. The van der Waals surface area contributed by atoms with Crippen molar-refractivity contribution < 1.29 is 0 Å². The number of hydrogen-bond donors (Lipinski definition) is 0. The van der Waals surface area contributed by atoms with Gasteiger partial charge in [0.2, 0.25) is 0 Å². The highest BCUT2D eigenvalue weighted by Crippen LogP contribution is 2.26. The highest BCUT2D eigenvalue weighted by Gasteiger charge is 2.00. The van der Waals surface area contributed by atoms with Crippen LogP contribution in [0.15, 0.2) is 66.7 Å². The van der Waals surface area contributed by atoms with Gasteiger partial charge in [0.25, 0.3) is 0 Å². The van der Waals surface area contributed by atoms with E-state index in [4.69, 9.17) is 7.85 Å². The van der Waals surface area contributed by atoms with Crippen LogP contribution in [0.1, 0.15) is 0 Å². The number of hydrogen-bond acceptors (Lipinski definition) is 0. The van der Waals surface area contributed by atoms with Gasteiger partial charge < -0.3 is 0 Å². The molecule has 0 bridgehead atoms. The molecule has 1 heteroatoms. The molecule has 0 unspecified atom stereocenters. The fraction of sp³-hybridized carbons (Fsp3) is 0. The van der Waals surface area contributed by atoms with Gasteiger partial charge in [0.15, 0.2) is 0 Å². The lowest BCUT2D eigenvalue weighted by Crippen LogP contribution is -1.99. The number of fused-ring (bicyclic) bond motifs is 3. The minimum atomic E-state index is 0.813. The van der Waals surface area contributed by atoms with Crippen molar-refractivity contribution in [3.8, 4) is 0 Å². The van der Waals surface area contributed by atoms with Crippen LogP contribution in [0.25, 0.3) is 32.3 Å². The first kappa shape index (κ1) is 10.6. The maximum atomic E-state index is 5.86. The van der Waals surface area contributed by atoms with Gasteiger partial charge in [-0.2, -0.15) is 0 Å². The smallest absolute Gasteiger partial charge is 0.0960 e. The Kier molecular flexibility index (Phi) is 2.16. The predicted molar refractivity (Wildman–Crippen MR) is 84.3 cm³/mol. The first-order chi connectivity index (χ1) is 9.29. The molecule has 2 radical (unpaired) electrons. The Hall–Kier alpha value is -2.28. The van der Waals surface area contributed by atoms with E-state index in [1.165, 1.54) is 32.3 Å². The van der Waals surface area contributed by atoms with Crippen LogP contribution in [0, 0.1) is 0 Å². The summed E-state index contributed by atoms with van der Waals surface area (Å²) in [6.07, 6.45) is 0. The van der Waals surface area contributed by atoms with E-state index in [-0.39, 0.29) is 0 Å². The van der Waals surface area contributed by atoms with Crippen LogP contribution in [0.5, 0.6) is 0 Å². The van der Waals surface area contributed by atoms with Crippen LogP contribution in [0.2, 0.25) is 0 Å². The topological polar surface area (TPSA) is 0 Å². The molecule has 0 aromatic heterocycles. The third-order valence-corrected chi connectivity index (χ3v) is 3.68. The van der Waals surface area contributed by atoms with E-state index in [0.717, 1.165) is 5.46 Å². The fourth-order valence-corrected chi connectivity index (χ4v) is 2.71. The summed E-state index contributed by atoms with van der Waals surface area (Å²) in [6.45, 7) is 0. The maximum Gasteiger partial charge on any atom is 0.113 e. The quantitative estimate of drug-likeness (QED) is 0.321. The zero-order chi connectivity index (χ0) is 12.8. The van der Waals surface area contributed by atoms with E-state index >= 15 is 0 Å². The van der Waals surface area contributed by atoms with Crippen molar-refractivity contribution in [1.29, 1.82) is 0 Å². The second-order valence-electron chi connectivity index (χ2n) is 5.01. The van der Waals surface area contributed by atoms with E-state index in [1.54, 1.807) is 0 Å². The SMILES string of the molecule is [B]c1ccc2cc3cc4ccccc4cc3cc2c1. The molecule has 0 spiro atoms. The molecule has 0 aliphatic carbocycles. The zero-order valence-electron chi connectivity index (χ0n) is 10.4. The van der Waals surface area contributed by atoms with Crippen molar-refractivity contribution in [2.75, 3.05) is 0 Å². The summed E-state index contributed by atoms with van der Waals surface area (Å²) in [6, 6.07) is 23.5. The molecule has 0 nitrogen and oxygen atoms in total. The molecule has 86 valence electrons. The minimum Gasteiger partial charge on any atom is -0.0960 e. The largest absolute Gasteiger partial charge is 0.113 e. The Labute approximate surface area is 113 Å². The molecule has 0 aliphatic rings. The summed E-state index contributed by atoms with van der Waals surface area (Å²) in [5.41, 5.74) is 0.813. The van der Waals surface area contributed by atoms with Gasteiger partial charge >= 0.3 is 0 Å². The third-order valence-electron chi connectivity index (χ3n) is 3.68. The molecule has 0 atom stereocenters. The molecule has 0 aliphatic heterocycles. The lowest BCUT2D eigenvalue weighted by molar-refractivity contribution is 1.79. The van der Waals surface area contributed by atoms with Gasteiger partial charge in [-0.25, -0.2) is 0 Å². The van der Waals surface area contributed by atoms with Crippen LogP contribution in [0.3, 0.4) is 0 Å². The van der Waals surface area contributed by atoms with Crippen LogP contribution < -0.4 is 5.46 Å². The van der Waals surface area contributed by atoms with Crippen molar-refractivity contribution >= 4 is 45.6 Å². The lowest BCUT2D eigenvalue weighted by atomic mass is 9.92. The molecule has 0 saturated heterocycles. The molecule has 0 saturated carbocycles. The summed E-state index contributed by atoms with van der Waals surface area (Å²) in [7, 11) is 5.86. The number of rotatable bonds is 0. The average Bonchev–Trinajstić information content (AvgIpc) is 2.43. The van der Waals surface area contributed by atoms with Crippen LogP contribution in [-0.2, 0) is 0 Å². The van der Waals surface area contributed by atoms with Crippen molar-refractivity contribution in [3.05, 3.63) is 66.7 Å².